The third-order valence-corrected chi connectivity index (χ3v) is 11.3. The fraction of sp³-hybridized carbons (Fsp3) is 0.623. The van der Waals surface area contributed by atoms with E-state index >= 15 is 0 Å². The van der Waals surface area contributed by atoms with Crippen LogP contribution in [-0.4, -0.2) is 25.2 Å². The molecule has 0 N–H and O–H groups in total. The Bertz CT molecular complexity index is 1500. The van der Waals surface area contributed by atoms with Crippen LogP contribution in [0.25, 0.3) is 0 Å². The van der Waals surface area contributed by atoms with E-state index in [2.05, 4.69) is 13.8 Å². The quantitative estimate of drug-likeness (QED) is 0.0331. The number of esters is 2. The molecule has 6 heteroatoms. The topological polar surface area (TPSA) is 71.1 Å². The molecule has 0 aliphatic carbocycles. The van der Waals surface area contributed by atoms with Gasteiger partial charge in [-0.15, -0.1) is 0 Å². The second-order valence-electron chi connectivity index (χ2n) is 16.6. The summed E-state index contributed by atoms with van der Waals surface area (Å²) in [5.41, 5.74) is 1.56. The van der Waals surface area contributed by atoms with Crippen LogP contribution in [0.3, 0.4) is 0 Å². The average molecular weight is 813 g/mol. The fourth-order valence-electron chi connectivity index (χ4n) is 7.47. The molecule has 0 atom stereocenters. The molecule has 0 saturated heterocycles. The summed E-state index contributed by atoms with van der Waals surface area (Å²) in [6.45, 7) is 7.72. The van der Waals surface area contributed by atoms with Crippen LogP contribution in [0.5, 0.6) is 23.0 Å². The number of aryl methyl sites for hydroxylation is 1. The minimum absolute atomic E-state index is 0.380. The highest BCUT2D eigenvalue weighted by Gasteiger charge is 2.14. The summed E-state index contributed by atoms with van der Waals surface area (Å²) in [5, 5.41) is 0. The Morgan fingerprint density at radius 1 is 0.373 bits per heavy atom. The highest BCUT2D eigenvalue weighted by Crippen LogP contribution is 2.26. The van der Waals surface area contributed by atoms with Gasteiger partial charge < -0.3 is 18.9 Å². The molecular weight excluding hydrogens is 733 g/mol. The molecule has 3 rings (SSSR count). The van der Waals surface area contributed by atoms with E-state index in [1.807, 2.05) is 31.2 Å². The van der Waals surface area contributed by atoms with E-state index in [1.54, 1.807) is 42.5 Å². The number of benzene rings is 3. The van der Waals surface area contributed by atoms with Gasteiger partial charge in [0.2, 0.25) is 0 Å². The van der Waals surface area contributed by atoms with Crippen molar-refractivity contribution in [2.75, 3.05) is 13.2 Å². The monoisotopic (exact) mass is 813 g/mol. The molecule has 0 unspecified atom stereocenters. The lowest BCUT2D eigenvalue weighted by Gasteiger charge is -2.11. The van der Waals surface area contributed by atoms with Crippen molar-refractivity contribution in [3.05, 3.63) is 83.4 Å². The minimum Gasteiger partial charge on any atom is -0.494 e. The van der Waals surface area contributed by atoms with Crippen molar-refractivity contribution in [2.45, 2.75) is 201 Å². The van der Waals surface area contributed by atoms with E-state index in [4.69, 9.17) is 18.9 Å². The van der Waals surface area contributed by atoms with Crippen molar-refractivity contribution in [3.8, 4) is 23.0 Å². The van der Waals surface area contributed by atoms with Gasteiger partial charge in [-0.3, -0.25) is 0 Å². The molecule has 3 aromatic rings. The van der Waals surface area contributed by atoms with E-state index in [1.165, 1.54) is 167 Å². The SMILES string of the molecule is CCCCCCCCCCCCCCCCOc1ccc(C(=O)Oc2ccc(OC(=O)c3ccc(OCCCCCCCCCCCCCCCC)cc3)c(C)c2)cc1. The molecule has 0 heterocycles. The molecule has 59 heavy (non-hydrogen) atoms. The van der Waals surface area contributed by atoms with Gasteiger partial charge in [0.05, 0.1) is 24.3 Å². The summed E-state index contributed by atoms with van der Waals surface area (Å²) in [6.07, 6.45) is 37.3. The van der Waals surface area contributed by atoms with Gasteiger partial charge in [-0.1, -0.05) is 181 Å². The van der Waals surface area contributed by atoms with Crippen molar-refractivity contribution >= 4 is 11.9 Å². The smallest absolute Gasteiger partial charge is 0.343 e. The molecule has 0 saturated carbocycles. The largest absolute Gasteiger partial charge is 0.494 e. The zero-order chi connectivity index (χ0) is 42.0. The number of hydrogen-bond acceptors (Lipinski definition) is 6. The molecule has 0 radical (unpaired) electrons. The van der Waals surface area contributed by atoms with Gasteiger partial charge >= 0.3 is 11.9 Å². The standard InChI is InChI=1S/C53H80O6/c1-4-6-8-10-12-14-16-18-20-22-24-26-28-30-42-56-48-36-32-46(33-37-48)52(54)58-50-40-41-51(45(3)44-50)59-53(55)47-34-38-49(39-35-47)57-43-31-29-27-25-23-21-19-17-15-13-11-9-7-5-2/h32-41,44H,4-31,42-43H2,1-3H3. The number of unbranched alkanes of at least 4 members (excludes halogenated alkanes) is 26. The highest BCUT2D eigenvalue weighted by molar-refractivity contribution is 5.92. The van der Waals surface area contributed by atoms with Crippen LogP contribution in [0.15, 0.2) is 66.7 Å². The summed E-state index contributed by atoms with van der Waals surface area (Å²) >= 11 is 0. The Morgan fingerprint density at radius 2 is 0.678 bits per heavy atom. The highest BCUT2D eigenvalue weighted by atomic mass is 16.5. The van der Waals surface area contributed by atoms with Gasteiger partial charge in [-0.2, -0.15) is 0 Å². The van der Waals surface area contributed by atoms with E-state index in [9.17, 15) is 9.59 Å². The van der Waals surface area contributed by atoms with Crippen LogP contribution in [0, 0.1) is 6.92 Å². The lowest BCUT2D eigenvalue weighted by atomic mass is 10.0. The first kappa shape index (κ1) is 49.6. The van der Waals surface area contributed by atoms with Gasteiger partial charge in [-0.25, -0.2) is 9.59 Å². The van der Waals surface area contributed by atoms with Gasteiger partial charge in [0, 0.05) is 0 Å². The van der Waals surface area contributed by atoms with Crippen molar-refractivity contribution in [1.82, 2.24) is 0 Å². The van der Waals surface area contributed by atoms with Crippen molar-refractivity contribution in [3.63, 3.8) is 0 Å². The number of carbonyl (C=O) groups is 2. The van der Waals surface area contributed by atoms with E-state index < -0.39 is 11.9 Å². The molecule has 3 aromatic carbocycles. The zero-order valence-corrected chi connectivity index (χ0v) is 37.5. The lowest BCUT2D eigenvalue weighted by molar-refractivity contribution is 0.0718. The predicted molar refractivity (Wildman–Crippen MR) is 246 cm³/mol. The van der Waals surface area contributed by atoms with Crippen molar-refractivity contribution in [2.24, 2.45) is 0 Å². The summed E-state index contributed by atoms with van der Waals surface area (Å²) in [4.78, 5) is 25.8. The Morgan fingerprint density at radius 3 is 1.02 bits per heavy atom. The van der Waals surface area contributed by atoms with Crippen molar-refractivity contribution < 1.29 is 28.5 Å². The number of hydrogen-bond donors (Lipinski definition) is 0. The third kappa shape index (κ3) is 23.5. The minimum atomic E-state index is -0.459. The van der Waals surface area contributed by atoms with Crippen LogP contribution < -0.4 is 18.9 Å². The first-order valence-corrected chi connectivity index (χ1v) is 24.0. The molecule has 0 aromatic heterocycles. The maximum absolute atomic E-state index is 12.9. The van der Waals surface area contributed by atoms with Crippen LogP contribution in [0.1, 0.15) is 220 Å². The Balaban J connectivity index is 1.23. The number of carbonyl (C=O) groups excluding carboxylic acids is 2. The fourth-order valence-corrected chi connectivity index (χ4v) is 7.47. The molecule has 0 fully saturated rings. The lowest BCUT2D eigenvalue weighted by Crippen LogP contribution is -2.10. The van der Waals surface area contributed by atoms with E-state index in [-0.39, 0.29) is 0 Å². The Labute approximate surface area is 359 Å². The summed E-state index contributed by atoms with van der Waals surface area (Å²) < 4.78 is 23.1. The summed E-state index contributed by atoms with van der Waals surface area (Å²) in [7, 11) is 0. The molecule has 6 nitrogen and oxygen atoms in total. The van der Waals surface area contributed by atoms with Crippen LogP contribution in [0.2, 0.25) is 0 Å². The normalized spacial score (nSPS) is 11.1. The Hall–Kier alpha value is -3.80. The number of rotatable bonds is 36. The van der Waals surface area contributed by atoms with Crippen LogP contribution in [0.4, 0.5) is 0 Å². The Kier molecular flexibility index (Phi) is 27.7. The molecule has 0 aliphatic heterocycles. The van der Waals surface area contributed by atoms with Gasteiger partial charge in [0.15, 0.2) is 0 Å². The van der Waals surface area contributed by atoms with Crippen LogP contribution >= 0.6 is 0 Å². The summed E-state index contributed by atoms with van der Waals surface area (Å²) in [5.74, 6) is 1.38. The van der Waals surface area contributed by atoms with Gasteiger partial charge in [0.25, 0.3) is 0 Å². The molecule has 328 valence electrons. The summed E-state index contributed by atoms with van der Waals surface area (Å²) in [6, 6.07) is 19.1. The predicted octanol–water partition coefficient (Wildman–Crippen LogP) is 16.2. The molecule has 0 spiro atoms. The van der Waals surface area contributed by atoms with Crippen molar-refractivity contribution in [1.29, 1.82) is 0 Å². The molecular formula is C53H80O6. The molecule has 0 aliphatic rings. The second kappa shape index (κ2) is 33.0. The first-order valence-electron chi connectivity index (χ1n) is 24.0. The zero-order valence-electron chi connectivity index (χ0n) is 37.5. The maximum Gasteiger partial charge on any atom is 0.343 e. The van der Waals surface area contributed by atoms with Gasteiger partial charge in [0.1, 0.15) is 23.0 Å². The third-order valence-electron chi connectivity index (χ3n) is 11.3. The average Bonchev–Trinajstić information content (AvgIpc) is 3.25. The number of ether oxygens (including phenoxy) is 4. The van der Waals surface area contributed by atoms with Gasteiger partial charge in [-0.05, 0) is 92.1 Å². The molecule has 0 amide bonds. The van der Waals surface area contributed by atoms with E-state index in [0.717, 1.165) is 24.3 Å². The van der Waals surface area contributed by atoms with Crippen LogP contribution in [-0.2, 0) is 0 Å². The van der Waals surface area contributed by atoms with E-state index in [0.29, 0.717) is 41.4 Å². The second-order valence-corrected chi connectivity index (χ2v) is 16.6. The molecule has 0 bridgehead atoms. The maximum atomic E-state index is 12.9. The first-order chi connectivity index (χ1) is 29.0.